The maximum absolute atomic E-state index is 12.4. The van der Waals surface area contributed by atoms with Crippen molar-refractivity contribution in [3.63, 3.8) is 0 Å². The highest BCUT2D eigenvalue weighted by molar-refractivity contribution is 7.91. The second-order valence-electron chi connectivity index (χ2n) is 5.67. The maximum atomic E-state index is 12.4. The number of sulfonamides is 1. The molecule has 1 aromatic rings. The molecule has 1 aromatic heterocycles. The predicted octanol–water partition coefficient (Wildman–Crippen LogP) is 0.964. The number of aliphatic hydroxyl groups is 1. The van der Waals surface area contributed by atoms with Crippen molar-refractivity contribution in [1.29, 1.82) is 0 Å². The molecule has 1 heterocycles. The van der Waals surface area contributed by atoms with E-state index in [2.05, 4.69) is 16.6 Å². The third kappa shape index (κ3) is 3.13. The highest BCUT2D eigenvalue weighted by Crippen LogP contribution is 2.33. The first-order chi connectivity index (χ1) is 9.28. The van der Waals surface area contributed by atoms with E-state index in [0.717, 1.165) is 12.8 Å². The van der Waals surface area contributed by atoms with Gasteiger partial charge in [-0.15, -0.1) is 0 Å². The Labute approximate surface area is 122 Å². The standard InChI is InChI=1S/C12H20N2O4S2/c1-8-4-3-5-12(6-8,7-15)14-20(17,18)10-9(2)13-11(16)19-10/h8,14-15H,3-7H2,1-2H3,(H,13,16). The average Bonchev–Trinajstić information content (AvgIpc) is 2.69. The minimum Gasteiger partial charge on any atom is -0.394 e. The zero-order valence-corrected chi connectivity index (χ0v) is 13.2. The Morgan fingerprint density at radius 2 is 2.25 bits per heavy atom. The normalized spacial score (nSPS) is 27.6. The molecule has 0 aromatic carbocycles. The number of hydrogen-bond donors (Lipinski definition) is 3. The summed E-state index contributed by atoms with van der Waals surface area (Å²) in [5.41, 5.74) is -0.472. The Bertz CT molecular complexity index is 634. The van der Waals surface area contributed by atoms with Gasteiger partial charge in [0, 0.05) is 5.69 Å². The van der Waals surface area contributed by atoms with Gasteiger partial charge in [-0.1, -0.05) is 31.1 Å². The van der Waals surface area contributed by atoms with Crippen molar-refractivity contribution in [2.45, 2.75) is 49.3 Å². The van der Waals surface area contributed by atoms with Gasteiger partial charge in [0.05, 0.1) is 12.1 Å². The fourth-order valence-electron chi connectivity index (χ4n) is 2.91. The largest absolute Gasteiger partial charge is 0.394 e. The quantitative estimate of drug-likeness (QED) is 0.769. The van der Waals surface area contributed by atoms with E-state index in [1.165, 1.54) is 0 Å². The lowest BCUT2D eigenvalue weighted by Gasteiger charge is -2.38. The number of thiazole rings is 1. The minimum atomic E-state index is -3.79. The van der Waals surface area contributed by atoms with Crippen molar-refractivity contribution in [3.05, 3.63) is 15.4 Å². The summed E-state index contributed by atoms with van der Waals surface area (Å²) in [6.45, 7) is 3.38. The molecule has 0 saturated heterocycles. The second kappa shape index (κ2) is 5.59. The molecule has 0 bridgehead atoms. The van der Waals surface area contributed by atoms with Crippen LogP contribution in [-0.2, 0) is 10.0 Å². The van der Waals surface area contributed by atoms with Crippen LogP contribution in [0.4, 0.5) is 0 Å². The highest BCUT2D eigenvalue weighted by Gasteiger charge is 2.39. The summed E-state index contributed by atoms with van der Waals surface area (Å²) in [4.78, 5) is 13.4. The monoisotopic (exact) mass is 320 g/mol. The van der Waals surface area contributed by atoms with E-state index in [4.69, 9.17) is 0 Å². The lowest BCUT2D eigenvalue weighted by atomic mass is 9.78. The van der Waals surface area contributed by atoms with Crippen molar-refractivity contribution in [3.8, 4) is 0 Å². The molecular weight excluding hydrogens is 300 g/mol. The van der Waals surface area contributed by atoms with Crippen LogP contribution in [-0.4, -0.2) is 30.7 Å². The van der Waals surface area contributed by atoms with Crippen LogP contribution in [0.15, 0.2) is 9.00 Å². The first-order valence-electron chi connectivity index (χ1n) is 6.62. The highest BCUT2D eigenvalue weighted by atomic mass is 32.2. The van der Waals surface area contributed by atoms with Crippen LogP contribution in [0.3, 0.4) is 0 Å². The molecule has 6 nitrogen and oxygen atoms in total. The van der Waals surface area contributed by atoms with Crippen LogP contribution in [0.1, 0.15) is 38.3 Å². The van der Waals surface area contributed by atoms with E-state index in [9.17, 15) is 18.3 Å². The number of hydrogen-bond acceptors (Lipinski definition) is 5. The number of aryl methyl sites for hydroxylation is 1. The van der Waals surface area contributed by atoms with Crippen molar-refractivity contribution in [1.82, 2.24) is 9.71 Å². The van der Waals surface area contributed by atoms with Gasteiger partial charge in [-0.05, 0) is 25.7 Å². The van der Waals surface area contributed by atoms with E-state index < -0.39 is 20.4 Å². The smallest absolute Gasteiger partial charge is 0.305 e. The lowest BCUT2D eigenvalue weighted by molar-refractivity contribution is 0.120. The molecule has 20 heavy (non-hydrogen) atoms. The Morgan fingerprint density at radius 3 is 2.75 bits per heavy atom. The van der Waals surface area contributed by atoms with Gasteiger partial charge < -0.3 is 10.1 Å². The summed E-state index contributed by atoms with van der Waals surface area (Å²) in [6.07, 6.45) is 3.15. The van der Waals surface area contributed by atoms with Crippen molar-refractivity contribution >= 4 is 21.4 Å². The Hall–Kier alpha value is -0.700. The molecule has 1 saturated carbocycles. The van der Waals surface area contributed by atoms with Gasteiger partial charge in [0.2, 0.25) is 0 Å². The summed E-state index contributed by atoms with van der Waals surface area (Å²) in [6, 6.07) is 0. The van der Waals surface area contributed by atoms with E-state index in [-0.39, 0.29) is 10.8 Å². The molecule has 0 amide bonds. The molecule has 1 aliphatic rings. The maximum Gasteiger partial charge on any atom is 0.305 e. The molecule has 2 unspecified atom stereocenters. The fraction of sp³-hybridized carbons (Fsp3) is 0.750. The SMILES string of the molecule is Cc1[nH]c(=O)sc1S(=O)(=O)NC1(CO)CCCC(C)C1. The van der Waals surface area contributed by atoms with Crippen LogP contribution < -0.4 is 9.60 Å². The molecule has 0 spiro atoms. The van der Waals surface area contributed by atoms with E-state index in [0.29, 0.717) is 35.8 Å². The van der Waals surface area contributed by atoms with E-state index in [1.54, 1.807) is 6.92 Å². The average molecular weight is 320 g/mol. The molecule has 3 N–H and O–H groups in total. The predicted molar refractivity (Wildman–Crippen MR) is 77.4 cm³/mol. The lowest BCUT2D eigenvalue weighted by Crippen LogP contribution is -2.53. The molecular formula is C12H20N2O4S2. The number of rotatable bonds is 4. The topological polar surface area (TPSA) is 99.3 Å². The van der Waals surface area contributed by atoms with Crippen LogP contribution in [0, 0.1) is 12.8 Å². The number of aromatic amines is 1. The number of H-pyrrole nitrogens is 1. The third-order valence-corrected chi connectivity index (χ3v) is 6.95. The van der Waals surface area contributed by atoms with Crippen molar-refractivity contribution in [2.75, 3.05) is 6.61 Å². The number of nitrogens with one attached hydrogen (secondary N) is 2. The third-order valence-electron chi connectivity index (χ3n) is 3.77. The van der Waals surface area contributed by atoms with E-state index >= 15 is 0 Å². The molecule has 114 valence electrons. The van der Waals surface area contributed by atoms with Gasteiger partial charge in [-0.2, -0.15) is 0 Å². The van der Waals surface area contributed by atoms with Crippen molar-refractivity contribution < 1.29 is 13.5 Å². The number of aromatic nitrogens is 1. The summed E-state index contributed by atoms with van der Waals surface area (Å²) >= 11 is 0.677. The van der Waals surface area contributed by atoms with E-state index in [1.807, 2.05) is 0 Å². The molecule has 1 aliphatic carbocycles. The second-order valence-corrected chi connectivity index (χ2v) is 8.53. The first-order valence-corrected chi connectivity index (χ1v) is 8.92. The summed E-state index contributed by atoms with van der Waals surface area (Å²) in [7, 11) is -3.79. The molecule has 0 radical (unpaired) electrons. The Balaban J connectivity index is 2.31. The molecule has 2 rings (SSSR count). The van der Waals surface area contributed by atoms with Gasteiger partial charge in [-0.25, -0.2) is 13.1 Å². The summed E-state index contributed by atoms with van der Waals surface area (Å²) in [5.74, 6) is 0.365. The van der Waals surface area contributed by atoms with Crippen LogP contribution in [0.2, 0.25) is 0 Å². The Kier molecular flexibility index (Phi) is 4.38. The van der Waals surface area contributed by atoms with Crippen LogP contribution >= 0.6 is 11.3 Å². The van der Waals surface area contributed by atoms with Gasteiger partial charge in [0.1, 0.15) is 0 Å². The minimum absolute atomic E-state index is 0.00792. The van der Waals surface area contributed by atoms with Gasteiger partial charge in [0.25, 0.3) is 10.0 Å². The zero-order chi connectivity index (χ0) is 15.0. The zero-order valence-electron chi connectivity index (χ0n) is 11.6. The molecule has 8 heteroatoms. The Morgan fingerprint density at radius 1 is 1.55 bits per heavy atom. The van der Waals surface area contributed by atoms with Crippen LogP contribution in [0.25, 0.3) is 0 Å². The molecule has 2 atom stereocenters. The fourth-order valence-corrected chi connectivity index (χ4v) is 5.64. The summed E-state index contributed by atoms with van der Waals surface area (Å²) in [5, 5.41) is 9.65. The van der Waals surface area contributed by atoms with Crippen LogP contribution in [0.5, 0.6) is 0 Å². The molecule has 0 aliphatic heterocycles. The molecule has 1 fully saturated rings. The van der Waals surface area contributed by atoms with Gasteiger partial charge in [-0.3, -0.25) is 4.79 Å². The summed E-state index contributed by atoms with van der Waals surface area (Å²) < 4.78 is 27.5. The van der Waals surface area contributed by atoms with Crippen molar-refractivity contribution in [2.24, 2.45) is 5.92 Å². The van der Waals surface area contributed by atoms with Gasteiger partial charge >= 0.3 is 4.87 Å². The number of aliphatic hydroxyl groups excluding tert-OH is 1. The van der Waals surface area contributed by atoms with Gasteiger partial charge in [0.15, 0.2) is 4.21 Å². The first kappa shape index (κ1) is 15.7.